The normalized spacial score (nSPS) is 12.7. The van der Waals surface area contributed by atoms with Crippen molar-refractivity contribution in [2.75, 3.05) is 6.61 Å². The zero-order chi connectivity index (χ0) is 21.4. The van der Waals surface area contributed by atoms with Crippen LogP contribution in [0.3, 0.4) is 0 Å². The summed E-state index contributed by atoms with van der Waals surface area (Å²) in [6, 6.07) is 11.9. The van der Waals surface area contributed by atoms with E-state index in [0.717, 1.165) is 6.42 Å². The molecule has 2 atom stereocenters. The molecule has 2 aromatic rings. The van der Waals surface area contributed by atoms with Crippen LogP contribution in [0.15, 0.2) is 48.5 Å². The Hall–Kier alpha value is -2.60. The zero-order valence-electron chi connectivity index (χ0n) is 16.8. The predicted molar refractivity (Wildman–Crippen MR) is 111 cm³/mol. The van der Waals surface area contributed by atoms with Crippen molar-refractivity contribution < 1.29 is 18.7 Å². The second-order valence-corrected chi connectivity index (χ2v) is 7.27. The van der Waals surface area contributed by atoms with Crippen LogP contribution in [0.25, 0.3) is 0 Å². The molecule has 0 heterocycles. The van der Waals surface area contributed by atoms with Gasteiger partial charge >= 0.3 is 0 Å². The van der Waals surface area contributed by atoms with Gasteiger partial charge in [-0.2, -0.15) is 0 Å². The van der Waals surface area contributed by atoms with E-state index in [1.807, 2.05) is 13.8 Å². The molecular weight excluding hydrogens is 395 g/mol. The maximum absolute atomic E-state index is 13.2. The average Bonchev–Trinajstić information content (AvgIpc) is 2.71. The van der Waals surface area contributed by atoms with Gasteiger partial charge in [-0.3, -0.25) is 9.59 Å². The fourth-order valence-corrected chi connectivity index (χ4v) is 2.81. The first-order valence-corrected chi connectivity index (χ1v) is 9.91. The van der Waals surface area contributed by atoms with E-state index in [1.165, 1.54) is 17.0 Å². The number of carbonyl (C=O) groups is 2. The topological polar surface area (TPSA) is 58.6 Å². The van der Waals surface area contributed by atoms with E-state index in [-0.39, 0.29) is 36.8 Å². The number of ether oxygens (including phenoxy) is 1. The number of para-hydroxylation sites is 1. The van der Waals surface area contributed by atoms with Gasteiger partial charge in [-0.05, 0) is 50.1 Å². The van der Waals surface area contributed by atoms with E-state index in [0.29, 0.717) is 16.3 Å². The molecule has 1 N–H and O–H groups in total. The molecule has 0 spiro atoms. The summed E-state index contributed by atoms with van der Waals surface area (Å²) in [7, 11) is 0. The van der Waals surface area contributed by atoms with Crippen LogP contribution in [-0.4, -0.2) is 35.4 Å². The highest BCUT2D eigenvalue weighted by Crippen LogP contribution is 2.23. The van der Waals surface area contributed by atoms with Gasteiger partial charge in [0.05, 0.1) is 5.02 Å². The molecule has 5 nitrogen and oxygen atoms in total. The zero-order valence-corrected chi connectivity index (χ0v) is 17.6. The lowest BCUT2D eigenvalue weighted by molar-refractivity contribution is -0.142. The molecule has 0 aromatic heterocycles. The number of nitrogens with zero attached hydrogens (tertiary/aromatic N) is 1. The number of halogens is 2. The molecule has 0 aliphatic heterocycles. The smallest absolute Gasteiger partial charge is 0.261 e. The lowest BCUT2D eigenvalue weighted by Crippen LogP contribution is -2.50. The molecule has 0 bridgehead atoms. The Morgan fingerprint density at radius 1 is 1.14 bits per heavy atom. The van der Waals surface area contributed by atoms with Gasteiger partial charge in [0.25, 0.3) is 5.91 Å². The van der Waals surface area contributed by atoms with Crippen molar-refractivity contribution in [2.24, 2.45) is 0 Å². The minimum absolute atomic E-state index is 0.00732. The lowest BCUT2D eigenvalue weighted by Gasteiger charge is -2.29. The first-order chi connectivity index (χ1) is 13.8. The van der Waals surface area contributed by atoms with Crippen molar-refractivity contribution in [3.8, 4) is 5.75 Å². The molecule has 29 heavy (non-hydrogen) atoms. The highest BCUT2D eigenvalue weighted by molar-refractivity contribution is 6.32. The minimum atomic E-state index is -0.726. The lowest BCUT2D eigenvalue weighted by atomic mass is 10.1. The van der Waals surface area contributed by atoms with Gasteiger partial charge in [0.1, 0.15) is 17.6 Å². The quantitative estimate of drug-likeness (QED) is 0.661. The van der Waals surface area contributed by atoms with Gasteiger partial charge in [0.2, 0.25) is 5.91 Å². The van der Waals surface area contributed by atoms with Crippen LogP contribution >= 0.6 is 11.6 Å². The highest BCUT2D eigenvalue weighted by atomic mass is 35.5. The number of hydrogen-bond acceptors (Lipinski definition) is 3. The van der Waals surface area contributed by atoms with Crippen LogP contribution in [0.4, 0.5) is 4.39 Å². The van der Waals surface area contributed by atoms with Crippen LogP contribution in [-0.2, 0) is 16.1 Å². The summed E-state index contributed by atoms with van der Waals surface area (Å²) in [4.78, 5) is 26.9. The van der Waals surface area contributed by atoms with Crippen molar-refractivity contribution >= 4 is 23.4 Å². The number of hydrogen-bond donors (Lipinski definition) is 1. The number of amides is 2. The van der Waals surface area contributed by atoms with Gasteiger partial charge in [0, 0.05) is 12.6 Å². The van der Waals surface area contributed by atoms with Gasteiger partial charge in [-0.25, -0.2) is 4.39 Å². The van der Waals surface area contributed by atoms with Gasteiger partial charge < -0.3 is 15.0 Å². The highest BCUT2D eigenvalue weighted by Gasteiger charge is 2.27. The third-order valence-electron chi connectivity index (χ3n) is 4.62. The Morgan fingerprint density at radius 2 is 1.79 bits per heavy atom. The molecule has 2 unspecified atom stereocenters. The van der Waals surface area contributed by atoms with Gasteiger partial charge in [0.15, 0.2) is 6.61 Å². The largest absolute Gasteiger partial charge is 0.482 e. The van der Waals surface area contributed by atoms with E-state index in [2.05, 4.69) is 5.32 Å². The summed E-state index contributed by atoms with van der Waals surface area (Å²) in [5.41, 5.74) is 0.709. The van der Waals surface area contributed by atoms with E-state index < -0.39 is 6.04 Å². The van der Waals surface area contributed by atoms with E-state index in [9.17, 15) is 14.0 Å². The number of nitrogens with one attached hydrogen (secondary N) is 1. The molecule has 2 amide bonds. The van der Waals surface area contributed by atoms with Crippen LogP contribution in [0.1, 0.15) is 32.8 Å². The van der Waals surface area contributed by atoms with Crippen molar-refractivity contribution in [3.63, 3.8) is 0 Å². The van der Waals surface area contributed by atoms with E-state index >= 15 is 0 Å². The van der Waals surface area contributed by atoms with Crippen LogP contribution in [0.5, 0.6) is 5.75 Å². The average molecular weight is 421 g/mol. The third kappa shape index (κ3) is 6.75. The van der Waals surface area contributed by atoms with Crippen molar-refractivity contribution in [1.29, 1.82) is 0 Å². The standard InChI is InChI=1S/C22H26ClFN2O3/c1-4-15(2)25-22(28)16(3)26(13-17-9-11-18(24)12-10-17)21(27)14-29-20-8-6-5-7-19(20)23/h5-12,15-16H,4,13-14H2,1-3H3,(H,25,28). The summed E-state index contributed by atoms with van der Waals surface area (Å²) in [6.45, 7) is 5.41. The molecule has 0 fully saturated rings. The fraction of sp³-hybridized carbons (Fsp3) is 0.364. The molecule has 0 radical (unpaired) electrons. The van der Waals surface area contributed by atoms with Crippen molar-refractivity contribution in [3.05, 3.63) is 64.9 Å². The molecule has 156 valence electrons. The second-order valence-electron chi connectivity index (χ2n) is 6.86. The maximum Gasteiger partial charge on any atom is 0.261 e. The molecule has 0 aliphatic carbocycles. The number of carbonyl (C=O) groups excluding carboxylic acids is 2. The SMILES string of the molecule is CCC(C)NC(=O)C(C)N(Cc1ccc(F)cc1)C(=O)COc1ccccc1Cl. The fourth-order valence-electron chi connectivity index (χ4n) is 2.62. The van der Waals surface area contributed by atoms with Crippen LogP contribution in [0.2, 0.25) is 5.02 Å². The van der Waals surface area contributed by atoms with E-state index in [1.54, 1.807) is 43.3 Å². The molecule has 2 aromatic carbocycles. The first-order valence-electron chi connectivity index (χ1n) is 9.53. The third-order valence-corrected chi connectivity index (χ3v) is 4.93. The monoisotopic (exact) mass is 420 g/mol. The van der Waals surface area contributed by atoms with Crippen LogP contribution < -0.4 is 10.1 Å². The molecule has 0 aliphatic rings. The predicted octanol–water partition coefficient (Wildman–Crippen LogP) is 4.19. The van der Waals surface area contributed by atoms with Crippen molar-refractivity contribution in [2.45, 2.75) is 45.8 Å². The molecule has 0 saturated heterocycles. The Kier molecular flexibility index (Phi) is 8.46. The Balaban J connectivity index is 2.15. The van der Waals surface area contributed by atoms with E-state index in [4.69, 9.17) is 16.3 Å². The summed E-state index contributed by atoms with van der Waals surface area (Å²) in [6.07, 6.45) is 0.778. The van der Waals surface area contributed by atoms with Crippen molar-refractivity contribution in [1.82, 2.24) is 10.2 Å². The first kappa shape index (κ1) is 22.7. The summed E-state index contributed by atoms with van der Waals surface area (Å²) >= 11 is 6.07. The van der Waals surface area contributed by atoms with Gasteiger partial charge in [-0.15, -0.1) is 0 Å². The number of rotatable bonds is 9. The molecule has 0 saturated carbocycles. The molecule has 7 heteroatoms. The summed E-state index contributed by atoms with van der Waals surface area (Å²) < 4.78 is 18.8. The molecule has 2 rings (SSSR count). The second kappa shape index (κ2) is 10.8. The summed E-state index contributed by atoms with van der Waals surface area (Å²) in [5, 5.41) is 3.28. The Labute approximate surface area is 175 Å². The van der Waals surface area contributed by atoms with Crippen LogP contribution in [0, 0.1) is 5.82 Å². The summed E-state index contributed by atoms with van der Waals surface area (Å²) in [5.74, 6) is -0.606. The number of benzene rings is 2. The van der Waals surface area contributed by atoms with Gasteiger partial charge in [-0.1, -0.05) is 42.8 Å². The Morgan fingerprint density at radius 3 is 2.41 bits per heavy atom. The maximum atomic E-state index is 13.2. The minimum Gasteiger partial charge on any atom is -0.482 e. The Bertz CT molecular complexity index is 829. The molecular formula is C22H26ClFN2O3.